The van der Waals surface area contributed by atoms with Gasteiger partial charge in [-0.25, -0.2) is 12.7 Å². The number of nitrogens with zero attached hydrogens (tertiary/aromatic N) is 2. The Labute approximate surface area is 128 Å². The molecule has 0 spiro atoms. The topological polar surface area (TPSA) is 69.7 Å². The van der Waals surface area contributed by atoms with Crippen molar-refractivity contribution in [1.29, 1.82) is 0 Å². The monoisotopic (exact) mass is 327 g/mol. The number of rotatable bonds is 7. The van der Waals surface area contributed by atoms with Gasteiger partial charge in [0.1, 0.15) is 5.75 Å². The van der Waals surface area contributed by atoms with Gasteiger partial charge in [-0.2, -0.15) is 0 Å². The Morgan fingerprint density at radius 1 is 1.35 bits per heavy atom. The first-order valence-electron chi connectivity index (χ1n) is 6.84. The van der Waals surface area contributed by atoms with Gasteiger partial charge in [-0.15, -0.1) is 12.4 Å². The third kappa shape index (κ3) is 5.20. The van der Waals surface area contributed by atoms with Crippen LogP contribution in [0.2, 0.25) is 0 Å². The van der Waals surface area contributed by atoms with Crippen molar-refractivity contribution in [3.8, 4) is 0 Å². The highest BCUT2D eigenvalue weighted by Gasteiger charge is 2.30. The second kappa shape index (κ2) is 8.81. The summed E-state index contributed by atoms with van der Waals surface area (Å²) in [5, 5.41) is 3.09. The molecular weight excluding hydrogens is 302 g/mol. The third-order valence-electron chi connectivity index (χ3n) is 3.54. The lowest BCUT2D eigenvalue weighted by atomic mass is 10.1. The van der Waals surface area contributed by atoms with E-state index in [4.69, 9.17) is 0 Å². The Balaban J connectivity index is 0.00000361. The van der Waals surface area contributed by atoms with E-state index in [1.807, 2.05) is 7.05 Å². The van der Waals surface area contributed by atoms with E-state index in [-0.39, 0.29) is 18.3 Å². The number of amides is 1. The average Bonchev–Trinajstić information content (AvgIpc) is 2.78. The zero-order chi connectivity index (χ0) is 14.5. The Morgan fingerprint density at radius 3 is 2.45 bits per heavy atom. The molecule has 1 atom stereocenters. The molecule has 0 bridgehead atoms. The van der Waals surface area contributed by atoms with E-state index in [0.29, 0.717) is 32.1 Å². The van der Waals surface area contributed by atoms with E-state index in [1.54, 1.807) is 18.7 Å². The molecule has 6 nitrogen and oxygen atoms in total. The molecule has 0 aromatic rings. The van der Waals surface area contributed by atoms with E-state index >= 15 is 0 Å². The fourth-order valence-corrected chi connectivity index (χ4v) is 3.93. The van der Waals surface area contributed by atoms with Crippen molar-refractivity contribution in [2.45, 2.75) is 20.3 Å². The zero-order valence-electron chi connectivity index (χ0n) is 12.5. The maximum Gasteiger partial charge on any atom is 0.239 e. The van der Waals surface area contributed by atoms with Crippen molar-refractivity contribution in [3.63, 3.8) is 0 Å². The number of hydrogen-bond acceptors (Lipinski definition) is 4. The highest BCUT2D eigenvalue weighted by atomic mass is 35.5. The second-order valence-corrected chi connectivity index (χ2v) is 6.86. The molecule has 0 aliphatic carbocycles. The molecule has 0 radical (unpaired) electrons. The van der Waals surface area contributed by atoms with Crippen molar-refractivity contribution in [3.05, 3.63) is 0 Å². The third-order valence-corrected chi connectivity index (χ3v) is 5.45. The van der Waals surface area contributed by atoms with Gasteiger partial charge in [0.2, 0.25) is 15.9 Å². The van der Waals surface area contributed by atoms with Crippen LogP contribution in [0.1, 0.15) is 20.3 Å². The number of halogens is 1. The van der Waals surface area contributed by atoms with E-state index in [1.165, 1.54) is 4.31 Å². The predicted molar refractivity (Wildman–Crippen MR) is 82.6 cm³/mol. The van der Waals surface area contributed by atoms with Crippen LogP contribution in [0.3, 0.4) is 0 Å². The largest absolute Gasteiger partial charge is 0.341 e. The molecule has 8 heteroatoms. The fraction of sp³-hybridized carbons (Fsp3) is 0.917. The molecule has 20 heavy (non-hydrogen) atoms. The van der Waals surface area contributed by atoms with Gasteiger partial charge < -0.3 is 10.2 Å². The van der Waals surface area contributed by atoms with Gasteiger partial charge in [-0.3, -0.25) is 4.79 Å². The van der Waals surface area contributed by atoms with Crippen molar-refractivity contribution in [2.24, 2.45) is 5.92 Å². The van der Waals surface area contributed by atoms with Crippen LogP contribution in [0.25, 0.3) is 0 Å². The maximum absolute atomic E-state index is 12.0. The van der Waals surface area contributed by atoms with Crippen molar-refractivity contribution in [2.75, 3.05) is 45.5 Å². The SMILES string of the molecule is CCN(CC)S(=O)(=O)CC(=O)N1CCC(CNC)C1.Cl. The summed E-state index contributed by atoms with van der Waals surface area (Å²) in [4.78, 5) is 13.7. The van der Waals surface area contributed by atoms with Gasteiger partial charge >= 0.3 is 0 Å². The lowest BCUT2D eigenvalue weighted by Crippen LogP contribution is -2.40. The molecule has 0 saturated carbocycles. The summed E-state index contributed by atoms with van der Waals surface area (Å²) in [6, 6.07) is 0. The first-order chi connectivity index (χ1) is 8.94. The molecule has 1 heterocycles. The zero-order valence-corrected chi connectivity index (χ0v) is 14.1. The van der Waals surface area contributed by atoms with Crippen LogP contribution < -0.4 is 5.32 Å². The normalized spacial score (nSPS) is 19.2. The molecular formula is C12H26ClN3O3S. The van der Waals surface area contributed by atoms with Crippen molar-refractivity contribution < 1.29 is 13.2 Å². The molecule has 1 aliphatic rings. The lowest BCUT2D eigenvalue weighted by Gasteiger charge is -2.21. The molecule has 120 valence electrons. The number of carbonyl (C=O) groups excluding carboxylic acids is 1. The molecule has 1 rings (SSSR count). The quantitative estimate of drug-likeness (QED) is 0.722. The molecule has 1 N–H and O–H groups in total. The van der Waals surface area contributed by atoms with Crippen LogP contribution in [0.15, 0.2) is 0 Å². The summed E-state index contributed by atoms with van der Waals surface area (Å²) < 4.78 is 25.4. The summed E-state index contributed by atoms with van der Waals surface area (Å²) in [7, 11) is -1.58. The average molecular weight is 328 g/mol. The maximum atomic E-state index is 12.0. The first kappa shape index (κ1) is 19.6. The Bertz CT molecular complexity index is 399. The standard InChI is InChI=1S/C12H25N3O3S.ClH/c1-4-15(5-2)19(17,18)10-12(16)14-7-6-11(9-14)8-13-3;/h11,13H,4-10H2,1-3H3;1H. The van der Waals surface area contributed by atoms with E-state index in [2.05, 4.69) is 5.32 Å². The van der Waals surface area contributed by atoms with Crippen LogP contribution in [-0.4, -0.2) is 69.1 Å². The Morgan fingerprint density at radius 2 is 1.95 bits per heavy atom. The summed E-state index contributed by atoms with van der Waals surface area (Å²) >= 11 is 0. The second-order valence-electron chi connectivity index (χ2n) is 4.89. The van der Waals surface area contributed by atoms with E-state index in [0.717, 1.165) is 13.0 Å². The van der Waals surface area contributed by atoms with E-state index in [9.17, 15) is 13.2 Å². The van der Waals surface area contributed by atoms with Crippen LogP contribution in [0, 0.1) is 5.92 Å². The van der Waals surface area contributed by atoms with E-state index < -0.39 is 15.8 Å². The number of likely N-dealkylation sites (tertiary alicyclic amines) is 1. The van der Waals surface area contributed by atoms with Gasteiger partial charge in [0, 0.05) is 26.2 Å². The molecule has 0 aromatic heterocycles. The lowest BCUT2D eigenvalue weighted by molar-refractivity contribution is -0.127. The van der Waals surface area contributed by atoms with Gasteiger partial charge in [-0.05, 0) is 25.9 Å². The van der Waals surface area contributed by atoms with Crippen molar-refractivity contribution in [1.82, 2.24) is 14.5 Å². The molecule has 0 aromatic carbocycles. The van der Waals surface area contributed by atoms with Gasteiger partial charge in [0.05, 0.1) is 0 Å². The summed E-state index contributed by atoms with van der Waals surface area (Å²) in [5.41, 5.74) is 0. The first-order valence-corrected chi connectivity index (χ1v) is 8.45. The number of hydrogen-bond donors (Lipinski definition) is 1. The Kier molecular flexibility index (Phi) is 8.65. The van der Waals surface area contributed by atoms with Gasteiger partial charge in [-0.1, -0.05) is 13.8 Å². The molecule has 1 aliphatic heterocycles. The highest BCUT2D eigenvalue weighted by Crippen LogP contribution is 2.16. The molecule has 1 unspecified atom stereocenters. The summed E-state index contributed by atoms with van der Waals surface area (Å²) in [6.07, 6.45) is 0.942. The van der Waals surface area contributed by atoms with Crippen LogP contribution in [0.5, 0.6) is 0 Å². The predicted octanol–water partition coefficient (Wildman–Crippen LogP) is 0.148. The molecule has 1 saturated heterocycles. The minimum absolute atomic E-state index is 0. The van der Waals surface area contributed by atoms with Gasteiger partial charge in [0.15, 0.2) is 0 Å². The highest BCUT2D eigenvalue weighted by molar-refractivity contribution is 7.89. The molecule has 1 amide bonds. The Hall–Kier alpha value is -0.370. The number of nitrogens with one attached hydrogen (secondary N) is 1. The minimum atomic E-state index is -3.46. The summed E-state index contributed by atoms with van der Waals surface area (Å²) in [5.74, 6) is -0.239. The number of carbonyl (C=O) groups is 1. The van der Waals surface area contributed by atoms with Crippen LogP contribution in [0.4, 0.5) is 0 Å². The fourth-order valence-electron chi connectivity index (χ4n) is 2.47. The van der Waals surface area contributed by atoms with Crippen LogP contribution >= 0.6 is 12.4 Å². The number of sulfonamides is 1. The van der Waals surface area contributed by atoms with Gasteiger partial charge in [0.25, 0.3) is 0 Å². The molecule has 1 fully saturated rings. The van der Waals surface area contributed by atoms with Crippen molar-refractivity contribution >= 4 is 28.3 Å². The minimum Gasteiger partial charge on any atom is -0.341 e. The van der Waals surface area contributed by atoms with Crippen LogP contribution in [-0.2, 0) is 14.8 Å². The summed E-state index contributed by atoms with van der Waals surface area (Å²) in [6.45, 7) is 6.58. The smallest absolute Gasteiger partial charge is 0.239 e.